The van der Waals surface area contributed by atoms with Crippen molar-refractivity contribution in [2.45, 2.75) is 32.1 Å². The zero-order chi connectivity index (χ0) is 18.2. The van der Waals surface area contributed by atoms with Crippen molar-refractivity contribution in [1.82, 2.24) is 5.32 Å². The third-order valence-corrected chi connectivity index (χ3v) is 4.63. The average Bonchev–Trinajstić information content (AvgIpc) is 3.15. The first-order valence-corrected chi connectivity index (χ1v) is 9.18. The van der Waals surface area contributed by atoms with E-state index in [4.69, 9.17) is 0 Å². The number of amides is 2. The quantitative estimate of drug-likeness (QED) is 0.704. The van der Waals surface area contributed by atoms with Crippen LogP contribution in [0.2, 0.25) is 0 Å². The maximum atomic E-state index is 12.0. The molecule has 1 saturated carbocycles. The molecule has 0 spiro atoms. The topological polar surface area (TPSA) is 70.2 Å². The zero-order valence-electron chi connectivity index (χ0n) is 14.8. The van der Waals surface area contributed by atoms with E-state index in [9.17, 15) is 9.59 Å². The van der Waals surface area contributed by atoms with E-state index in [0.717, 1.165) is 24.2 Å². The predicted molar refractivity (Wildman–Crippen MR) is 104 cm³/mol. The smallest absolute Gasteiger partial charge is 0.243 e. The summed E-state index contributed by atoms with van der Waals surface area (Å²) in [6.07, 6.45) is 5.22. The van der Waals surface area contributed by atoms with Crippen molar-refractivity contribution in [2.24, 2.45) is 5.92 Å². The Morgan fingerprint density at radius 1 is 0.808 bits per heavy atom. The summed E-state index contributed by atoms with van der Waals surface area (Å²) in [5.41, 5.74) is 2.66. The van der Waals surface area contributed by atoms with Crippen LogP contribution in [0.15, 0.2) is 54.6 Å². The highest BCUT2D eigenvalue weighted by Gasteiger charge is 2.18. The summed E-state index contributed by atoms with van der Waals surface area (Å²) in [5, 5.41) is 8.80. The van der Waals surface area contributed by atoms with Gasteiger partial charge in [-0.25, -0.2) is 0 Å². The molecule has 0 heterocycles. The third-order valence-electron chi connectivity index (χ3n) is 4.63. The van der Waals surface area contributed by atoms with Crippen molar-refractivity contribution < 1.29 is 9.59 Å². The number of rotatable bonds is 7. The maximum Gasteiger partial charge on any atom is 0.243 e. The predicted octanol–water partition coefficient (Wildman–Crippen LogP) is 4.07. The van der Waals surface area contributed by atoms with Crippen LogP contribution in [0.25, 0.3) is 0 Å². The van der Waals surface area contributed by atoms with E-state index < -0.39 is 0 Å². The molecule has 5 nitrogen and oxygen atoms in total. The number of hydrogen-bond acceptors (Lipinski definition) is 3. The van der Waals surface area contributed by atoms with Gasteiger partial charge in [0.2, 0.25) is 11.8 Å². The Hall–Kier alpha value is -2.82. The van der Waals surface area contributed by atoms with E-state index in [1.807, 2.05) is 54.6 Å². The molecule has 0 saturated heterocycles. The summed E-state index contributed by atoms with van der Waals surface area (Å²) in [7, 11) is 0. The maximum absolute atomic E-state index is 12.0. The summed E-state index contributed by atoms with van der Waals surface area (Å²) in [5.74, 6) is 0.241. The molecule has 3 N–H and O–H groups in total. The van der Waals surface area contributed by atoms with Crippen LogP contribution in [0, 0.1) is 5.92 Å². The number of para-hydroxylation sites is 1. The van der Waals surface area contributed by atoms with Gasteiger partial charge in [-0.2, -0.15) is 0 Å². The SMILES string of the molecule is O=C(CC1CCCC1)NCC(=O)Nc1ccc(Nc2ccccc2)cc1. The van der Waals surface area contributed by atoms with Crippen molar-refractivity contribution >= 4 is 28.9 Å². The molecule has 136 valence electrons. The molecular weight excluding hydrogens is 326 g/mol. The fourth-order valence-electron chi connectivity index (χ4n) is 3.26. The molecule has 2 aromatic carbocycles. The summed E-state index contributed by atoms with van der Waals surface area (Å²) < 4.78 is 0. The lowest BCUT2D eigenvalue weighted by Crippen LogP contribution is -2.33. The second-order valence-electron chi connectivity index (χ2n) is 6.75. The monoisotopic (exact) mass is 351 g/mol. The Kier molecular flexibility index (Phi) is 6.25. The van der Waals surface area contributed by atoms with E-state index in [0.29, 0.717) is 18.0 Å². The average molecular weight is 351 g/mol. The van der Waals surface area contributed by atoms with E-state index in [1.54, 1.807) is 0 Å². The Morgan fingerprint density at radius 3 is 2.12 bits per heavy atom. The normalized spacial score (nSPS) is 14.0. The van der Waals surface area contributed by atoms with Gasteiger partial charge in [0.05, 0.1) is 6.54 Å². The molecule has 0 unspecified atom stereocenters. The van der Waals surface area contributed by atoms with Gasteiger partial charge >= 0.3 is 0 Å². The second-order valence-corrected chi connectivity index (χ2v) is 6.75. The number of carbonyl (C=O) groups is 2. The molecule has 1 aliphatic rings. The third kappa shape index (κ3) is 5.62. The first-order valence-electron chi connectivity index (χ1n) is 9.18. The van der Waals surface area contributed by atoms with Gasteiger partial charge in [-0.3, -0.25) is 9.59 Å². The zero-order valence-corrected chi connectivity index (χ0v) is 14.8. The first kappa shape index (κ1) is 18.0. The lowest BCUT2D eigenvalue weighted by Gasteiger charge is -2.11. The van der Waals surface area contributed by atoms with Crippen LogP contribution in [-0.2, 0) is 9.59 Å². The molecule has 0 aliphatic heterocycles. The number of benzene rings is 2. The Labute approximate surface area is 154 Å². The molecule has 5 heteroatoms. The first-order chi connectivity index (χ1) is 12.7. The molecule has 0 aromatic heterocycles. The van der Waals surface area contributed by atoms with E-state index >= 15 is 0 Å². The molecular formula is C21H25N3O2. The summed E-state index contributed by atoms with van der Waals surface area (Å²) in [6.45, 7) is 0.00949. The van der Waals surface area contributed by atoms with Gasteiger partial charge in [0.15, 0.2) is 0 Å². The summed E-state index contributed by atoms with van der Waals surface area (Å²) >= 11 is 0. The van der Waals surface area contributed by atoms with E-state index in [-0.39, 0.29) is 18.4 Å². The van der Waals surface area contributed by atoms with Crippen molar-refractivity contribution in [3.8, 4) is 0 Å². The standard InChI is InChI=1S/C21H25N3O2/c25-20(14-16-6-4-5-7-16)22-15-21(26)24-19-12-10-18(11-13-19)23-17-8-2-1-3-9-17/h1-3,8-13,16,23H,4-7,14-15H2,(H,22,25)(H,24,26). The van der Waals surface area contributed by atoms with Gasteiger partial charge in [-0.05, 0) is 55.2 Å². The minimum absolute atomic E-state index is 0.00949. The van der Waals surface area contributed by atoms with Gasteiger partial charge < -0.3 is 16.0 Å². The molecule has 1 aliphatic carbocycles. The van der Waals surface area contributed by atoms with Crippen molar-refractivity contribution in [1.29, 1.82) is 0 Å². The highest BCUT2D eigenvalue weighted by atomic mass is 16.2. The molecule has 1 fully saturated rings. The molecule has 3 rings (SSSR count). The van der Waals surface area contributed by atoms with E-state index in [1.165, 1.54) is 12.8 Å². The minimum Gasteiger partial charge on any atom is -0.356 e. The van der Waals surface area contributed by atoms with Crippen molar-refractivity contribution in [3.63, 3.8) is 0 Å². The number of nitrogens with one attached hydrogen (secondary N) is 3. The van der Waals surface area contributed by atoms with Crippen LogP contribution >= 0.6 is 0 Å². The van der Waals surface area contributed by atoms with Gasteiger partial charge in [-0.15, -0.1) is 0 Å². The number of hydrogen-bond donors (Lipinski definition) is 3. The van der Waals surface area contributed by atoms with Crippen LogP contribution in [0.3, 0.4) is 0 Å². The van der Waals surface area contributed by atoms with Gasteiger partial charge in [0.1, 0.15) is 0 Å². The highest BCUT2D eigenvalue weighted by molar-refractivity contribution is 5.94. The van der Waals surface area contributed by atoms with Gasteiger partial charge in [0.25, 0.3) is 0 Å². The Bertz CT molecular complexity index is 723. The molecule has 2 aromatic rings. The molecule has 0 atom stereocenters. The summed E-state index contributed by atoms with van der Waals surface area (Å²) in [6, 6.07) is 17.4. The van der Waals surface area contributed by atoms with Crippen LogP contribution in [-0.4, -0.2) is 18.4 Å². The number of anilines is 3. The van der Waals surface area contributed by atoms with Crippen molar-refractivity contribution in [3.05, 3.63) is 54.6 Å². The van der Waals surface area contributed by atoms with Gasteiger partial charge in [-0.1, -0.05) is 31.0 Å². The fourth-order valence-corrected chi connectivity index (χ4v) is 3.26. The van der Waals surface area contributed by atoms with Crippen LogP contribution < -0.4 is 16.0 Å². The minimum atomic E-state index is -0.214. The molecule has 26 heavy (non-hydrogen) atoms. The van der Waals surface area contributed by atoms with Crippen molar-refractivity contribution in [2.75, 3.05) is 17.2 Å². The fraction of sp³-hybridized carbons (Fsp3) is 0.333. The van der Waals surface area contributed by atoms with Crippen LogP contribution in [0.5, 0.6) is 0 Å². The lowest BCUT2D eigenvalue weighted by molar-refractivity contribution is -0.124. The summed E-state index contributed by atoms with van der Waals surface area (Å²) in [4.78, 5) is 23.9. The van der Waals surface area contributed by atoms with Crippen LogP contribution in [0.1, 0.15) is 32.1 Å². The molecule has 2 amide bonds. The van der Waals surface area contributed by atoms with Crippen LogP contribution in [0.4, 0.5) is 17.1 Å². The molecule has 0 bridgehead atoms. The largest absolute Gasteiger partial charge is 0.356 e. The molecule has 0 radical (unpaired) electrons. The Balaban J connectivity index is 1.41. The Morgan fingerprint density at radius 2 is 1.42 bits per heavy atom. The second kappa shape index (κ2) is 9.04. The van der Waals surface area contributed by atoms with E-state index in [2.05, 4.69) is 16.0 Å². The highest BCUT2D eigenvalue weighted by Crippen LogP contribution is 2.27. The lowest BCUT2D eigenvalue weighted by atomic mass is 10.0. The number of carbonyl (C=O) groups excluding carboxylic acids is 2. The van der Waals surface area contributed by atoms with Gasteiger partial charge in [0, 0.05) is 23.5 Å².